The Balaban J connectivity index is 2.85. The molecule has 0 bridgehead atoms. The molecule has 0 heterocycles. The maximum absolute atomic E-state index is 10.9. The number of benzene rings is 1. The van der Waals surface area contributed by atoms with Crippen LogP contribution in [0.5, 0.6) is 11.5 Å². The third-order valence-corrected chi connectivity index (χ3v) is 1.78. The molecule has 0 aliphatic carbocycles. The minimum Gasteiger partial charge on any atom is -0.507 e. The predicted octanol–water partition coefficient (Wildman–Crippen LogP) is 1.32. The smallest absolute Gasteiger partial charge is 0.384 e. The lowest BCUT2D eigenvalue weighted by Gasteiger charge is -2.01. The molecular formula is C12H12O4. The highest BCUT2D eigenvalue weighted by Gasteiger charge is 2.00. The average molecular weight is 220 g/mol. The van der Waals surface area contributed by atoms with Crippen LogP contribution in [0.2, 0.25) is 0 Å². The van der Waals surface area contributed by atoms with Gasteiger partial charge in [-0.3, -0.25) is 0 Å². The molecule has 1 aromatic carbocycles. The van der Waals surface area contributed by atoms with Crippen molar-refractivity contribution < 1.29 is 19.4 Å². The van der Waals surface area contributed by atoms with E-state index in [1.807, 2.05) is 0 Å². The summed E-state index contributed by atoms with van der Waals surface area (Å²) < 4.78 is 9.54. The van der Waals surface area contributed by atoms with Crippen LogP contribution in [0.15, 0.2) is 18.2 Å². The lowest BCUT2D eigenvalue weighted by Crippen LogP contribution is -1.99. The molecule has 0 atom stereocenters. The summed E-state index contributed by atoms with van der Waals surface area (Å²) in [6, 6.07) is 4.64. The van der Waals surface area contributed by atoms with Gasteiger partial charge in [-0.15, -0.1) is 0 Å². The Kier molecular flexibility index (Phi) is 4.22. The quantitative estimate of drug-likeness (QED) is 0.603. The first-order valence-corrected chi connectivity index (χ1v) is 4.73. The molecule has 0 amide bonds. The van der Waals surface area contributed by atoms with Crippen molar-refractivity contribution in [3.8, 4) is 23.3 Å². The SMILES string of the molecule is CCOC(=O)C#Cc1ccc(OC)cc1O. The minimum absolute atomic E-state index is 0.0313. The van der Waals surface area contributed by atoms with Crippen LogP contribution in [0.25, 0.3) is 0 Å². The molecular weight excluding hydrogens is 208 g/mol. The van der Waals surface area contributed by atoms with Crippen molar-refractivity contribution in [3.63, 3.8) is 0 Å². The van der Waals surface area contributed by atoms with Crippen LogP contribution in [-0.2, 0) is 9.53 Å². The number of ether oxygens (including phenoxy) is 2. The van der Waals surface area contributed by atoms with E-state index in [1.54, 1.807) is 19.1 Å². The molecule has 16 heavy (non-hydrogen) atoms. The van der Waals surface area contributed by atoms with Crippen molar-refractivity contribution >= 4 is 5.97 Å². The lowest BCUT2D eigenvalue weighted by atomic mass is 10.2. The van der Waals surface area contributed by atoms with Gasteiger partial charge in [0.2, 0.25) is 0 Å². The molecule has 1 N–H and O–H groups in total. The molecule has 1 aromatic rings. The molecule has 4 heteroatoms. The van der Waals surface area contributed by atoms with E-state index in [2.05, 4.69) is 16.6 Å². The fraction of sp³-hybridized carbons (Fsp3) is 0.250. The summed E-state index contributed by atoms with van der Waals surface area (Å²) in [5.41, 5.74) is 0.355. The van der Waals surface area contributed by atoms with Gasteiger partial charge in [-0.1, -0.05) is 5.92 Å². The summed E-state index contributed by atoms with van der Waals surface area (Å²) >= 11 is 0. The maximum atomic E-state index is 10.9. The van der Waals surface area contributed by atoms with Crippen molar-refractivity contribution in [2.75, 3.05) is 13.7 Å². The van der Waals surface area contributed by atoms with E-state index < -0.39 is 5.97 Å². The highest BCUT2D eigenvalue weighted by molar-refractivity contribution is 5.89. The molecule has 0 aliphatic rings. The van der Waals surface area contributed by atoms with E-state index in [4.69, 9.17) is 4.74 Å². The molecule has 0 saturated heterocycles. The lowest BCUT2D eigenvalue weighted by molar-refractivity contribution is -0.136. The molecule has 1 rings (SSSR count). The van der Waals surface area contributed by atoms with Gasteiger partial charge in [-0.05, 0) is 19.1 Å². The summed E-state index contributed by atoms with van der Waals surface area (Å²) in [7, 11) is 1.50. The van der Waals surface area contributed by atoms with E-state index in [1.165, 1.54) is 13.2 Å². The standard InChI is InChI=1S/C12H12O4/c1-3-16-12(14)7-5-9-4-6-10(15-2)8-11(9)13/h4,6,8,13H,3H2,1-2H3. The van der Waals surface area contributed by atoms with Gasteiger partial charge in [0.15, 0.2) is 0 Å². The number of methoxy groups -OCH3 is 1. The fourth-order valence-electron chi connectivity index (χ4n) is 1.03. The summed E-state index contributed by atoms with van der Waals surface area (Å²) in [5.74, 6) is 4.67. The number of carbonyl (C=O) groups excluding carboxylic acids is 1. The molecule has 0 fully saturated rings. The van der Waals surface area contributed by atoms with Crippen molar-refractivity contribution in [2.45, 2.75) is 6.92 Å². The summed E-state index contributed by atoms with van der Waals surface area (Å²) in [4.78, 5) is 10.9. The summed E-state index contributed by atoms with van der Waals surface area (Å²) in [6.07, 6.45) is 0. The van der Waals surface area contributed by atoms with Crippen LogP contribution in [0.3, 0.4) is 0 Å². The van der Waals surface area contributed by atoms with Gasteiger partial charge in [0.1, 0.15) is 11.5 Å². The third-order valence-electron chi connectivity index (χ3n) is 1.78. The predicted molar refractivity (Wildman–Crippen MR) is 58.2 cm³/mol. The molecule has 0 radical (unpaired) electrons. The normalized spacial score (nSPS) is 8.88. The van der Waals surface area contributed by atoms with Crippen molar-refractivity contribution in [3.05, 3.63) is 23.8 Å². The Hall–Kier alpha value is -2.15. The van der Waals surface area contributed by atoms with Gasteiger partial charge < -0.3 is 14.6 Å². The Morgan fingerprint density at radius 1 is 1.50 bits per heavy atom. The number of phenols is 1. The first-order chi connectivity index (χ1) is 7.67. The monoisotopic (exact) mass is 220 g/mol. The van der Waals surface area contributed by atoms with Crippen LogP contribution in [0, 0.1) is 11.8 Å². The van der Waals surface area contributed by atoms with Crippen LogP contribution < -0.4 is 4.74 Å². The third kappa shape index (κ3) is 3.21. The highest BCUT2D eigenvalue weighted by atomic mass is 16.5. The van der Waals surface area contributed by atoms with Gasteiger partial charge in [-0.25, -0.2) is 4.79 Å². The zero-order valence-corrected chi connectivity index (χ0v) is 9.11. The van der Waals surface area contributed by atoms with Gasteiger partial charge in [0.25, 0.3) is 0 Å². The Morgan fingerprint density at radius 2 is 2.25 bits per heavy atom. The second kappa shape index (κ2) is 5.66. The topological polar surface area (TPSA) is 55.8 Å². The number of aromatic hydroxyl groups is 1. The largest absolute Gasteiger partial charge is 0.507 e. The molecule has 4 nitrogen and oxygen atoms in total. The first kappa shape index (κ1) is 11.9. The Morgan fingerprint density at radius 3 is 2.81 bits per heavy atom. The molecule has 0 aliphatic heterocycles. The number of esters is 1. The summed E-state index contributed by atoms with van der Waals surface area (Å²) in [5, 5.41) is 9.53. The summed E-state index contributed by atoms with van der Waals surface area (Å²) in [6.45, 7) is 1.98. The van der Waals surface area contributed by atoms with Gasteiger partial charge in [0, 0.05) is 12.0 Å². The maximum Gasteiger partial charge on any atom is 0.384 e. The van der Waals surface area contributed by atoms with Crippen molar-refractivity contribution in [1.82, 2.24) is 0 Å². The second-order valence-electron chi connectivity index (χ2n) is 2.85. The van der Waals surface area contributed by atoms with E-state index in [9.17, 15) is 9.90 Å². The van der Waals surface area contributed by atoms with E-state index in [-0.39, 0.29) is 12.4 Å². The van der Waals surface area contributed by atoms with Gasteiger partial charge >= 0.3 is 5.97 Å². The van der Waals surface area contributed by atoms with E-state index >= 15 is 0 Å². The number of hydrogen-bond acceptors (Lipinski definition) is 4. The zero-order chi connectivity index (χ0) is 12.0. The van der Waals surface area contributed by atoms with E-state index in [0.717, 1.165) is 0 Å². The zero-order valence-electron chi connectivity index (χ0n) is 9.11. The Labute approximate surface area is 93.8 Å². The van der Waals surface area contributed by atoms with Crippen LogP contribution in [0.1, 0.15) is 12.5 Å². The van der Waals surface area contributed by atoms with Gasteiger partial charge in [-0.2, -0.15) is 0 Å². The molecule has 84 valence electrons. The fourth-order valence-corrected chi connectivity index (χ4v) is 1.03. The molecule has 0 saturated carbocycles. The Bertz CT molecular complexity index is 440. The molecule has 0 aromatic heterocycles. The van der Waals surface area contributed by atoms with Crippen molar-refractivity contribution in [1.29, 1.82) is 0 Å². The molecule has 0 spiro atoms. The average Bonchev–Trinajstić information content (AvgIpc) is 2.27. The van der Waals surface area contributed by atoms with Crippen LogP contribution in [-0.4, -0.2) is 24.8 Å². The van der Waals surface area contributed by atoms with Crippen LogP contribution >= 0.6 is 0 Å². The number of carbonyl (C=O) groups is 1. The van der Waals surface area contributed by atoms with E-state index in [0.29, 0.717) is 11.3 Å². The second-order valence-corrected chi connectivity index (χ2v) is 2.85. The number of rotatable bonds is 2. The molecule has 0 unspecified atom stereocenters. The first-order valence-electron chi connectivity index (χ1n) is 4.73. The van der Waals surface area contributed by atoms with Crippen LogP contribution in [0.4, 0.5) is 0 Å². The highest BCUT2D eigenvalue weighted by Crippen LogP contribution is 2.22. The minimum atomic E-state index is -0.613. The van der Waals surface area contributed by atoms with Gasteiger partial charge in [0.05, 0.1) is 19.3 Å². The number of phenolic OH excluding ortho intramolecular Hbond substituents is 1. The van der Waals surface area contributed by atoms with Crippen molar-refractivity contribution in [2.24, 2.45) is 0 Å². The number of hydrogen-bond donors (Lipinski definition) is 1.